The maximum Gasteiger partial charge on any atom is 0.443 e. The molecular formula is C28H24F6N6O4S. The fourth-order valence-corrected chi connectivity index (χ4v) is 6.29. The predicted octanol–water partition coefficient (Wildman–Crippen LogP) is 4.92. The molecule has 45 heavy (non-hydrogen) atoms. The van der Waals surface area contributed by atoms with E-state index in [0.29, 0.717) is 17.0 Å². The van der Waals surface area contributed by atoms with Crippen molar-refractivity contribution >= 4 is 21.6 Å². The second kappa shape index (κ2) is 11.5. The number of thiazole rings is 1. The van der Waals surface area contributed by atoms with Gasteiger partial charge < -0.3 is 19.7 Å². The number of fused-ring (bicyclic) bond motifs is 1. The third-order valence-corrected chi connectivity index (χ3v) is 8.51. The van der Waals surface area contributed by atoms with Crippen molar-refractivity contribution in [3.8, 4) is 16.8 Å². The van der Waals surface area contributed by atoms with Crippen molar-refractivity contribution in [3.63, 3.8) is 0 Å². The van der Waals surface area contributed by atoms with Gasteiger partial charge in [0.15, 0.2) is 28.3 Å². The SMILES string of the molecule is CO[C@H]1C(C(C)O)O[C@@H](c2nc(C)nn2-c2ccc3nc(C(F)(F)F)sc3c2)C(O)C1n1cc(-c2cc(F)c(F)c(F)c2)cn1. The number of aromatic nitrogens is 6. The molecule has 1 aliphatic rings. The van der Waals surface area contributed by atoms with Gasteiger partial charge in [0.25, 0.3) is 0 Å². The van der Waals surface area contributed by atoms with Gasteiger partial charge >= 0.3 is 6.18 Å². The molecule has 2 N–H and O–H groups in total. The Hall–Kier alpha value is -3.90. The molecule has 5 aromatic rings. The highest BCUT2D eigenvalue weighted by Gasteiger charge is 2.50. The number of hydrogen-bond acceptors (Lipinski definition) is 9. The smallest absolute Gasteiger partial charge is 0.391 e. The summed E-state index contributed by atoms with van der Waals surface area (Å²) in [5, 5.41) is 30.1. The minimum atomic E-state index is -4.62. The summed E-state index contributed by atoms with van der Waals surface area (Å²) in [4.78, 5) is 8.09. The van der Waals surface area contributed by atoms with Crippen LogP contribution >= 0.6 is 11.3 Å². The number of aliphatic hydroxyl groups excluding tert-OH is 2. The standard InChI is InChI=1S/C28H24F6N6O4S/c1-11(41)23-24(43-3)21(39-10-14(9-35-39)13-6-16(29)20(31)17(30)7-13)22(42)25(44-23)26-36-12(2)38-40(26)15-4-5-18-19(8-15)45-27(37-18)28(32,33)34/h4-11,21-25,41-42H,1-3H3/t11?,21?,22?,23?,24-,25-/m1/s1. The van der Waals surface area contributed by atoms with E-state index in [1.807, 2.05) is 0 Å². The maximum atomic E-state index is 13.9. The molecule has 0 aliphatic carbocycles. The molecule has 0 bridgehead atoms. The molecule has 0 spiro atoms. The fraction of sp³-hybridized carbons (Fsp3) is 0.357. The summed E-state index contributed by atoms with van der Waals surface area (Å²) < 4.78 is 95.9. The molecule has 6 rings (SSSR count). The van der Waals surface area contributed by atoms with Crippen molar-refractivity contribution in [1.29, 1.82) is 0 Å². The van der Waals surface area contributed by atoms with Crippen LogP contribution in [0, 0.1) is 24.4 Å². The zero-order chi connectivity index (χ0) is 32.4. The molecular weight excluding hydrogens is 630 g/mol. The third kappa shape index (κ3) is 5.58. The normalized spacial score (nSPS) is 23.1. The molecule has 238 valence electrons. The van der Waals surface area contributed by atoms with Gasteiger partial charge in [0, 0.05) is 18.9 Å². The first-order valence-electron chi connectivity index (χ1n) is 13.4. The molecule has 6 atom stereocenters. The van der Waals surface area contributed by atoms with E-state index in [1.165, 1.54) is 54.0 Å². The third-order valence-electron chi connectivity index (χ3n) is 7.45. The number of ether oxygens (including phenoxy) is 2. The Balaban J connectivity index is 1.41. The van der Waals surface area contributed by atoms with Gasteiger partial charge in [0.1, 0.15) is 36.3 Å². The van der Waals surface area contributed by atoms with E-state index in [0.717, 1.165) is 12.1 Å². The van der Waals surface area contributed by atoms with Crippen LogP contribution < -0.4 is 0 Å². The summed E-state index contributed by atoms with van der Waals surface area (Å²) in [5.74, 6) is -4.09. The molecule has 3 aromatic heterocycles. The summed E-state index contributed by atoms with van der Waals surface area (Å²) >= 11 is 0.463. The number of alkyl halides is 3. The van der Waals surface area contributed by atoms with Crippen LogP contribution in [0.25, 0.3) is 27.0 Å². The largest absolute Gasteiger partial charge is 0.443 e. The number of rotatable bonds is 6. The van der Waals surface area contributed by atoms with E-state index in [1.54, 1.807) is 6.92 Å². The van der Waals surface area contributed by atoms with Crippen LogP contribution in [0.4, 0.5) is 26.3 Å². The number of aryl methyl sites for hydroxylation is 1. The van der Waals surface area contributed by atoms with E-state index in [4.69, 9.17) is 9.47 Å². The lowest BCUT2D eigenvalue weighted by Crippen LogP contribution is -2.56. The number of hydrogen-bond donors (Lipinski definition) is 2. The van der Waals surface area contributed by atoms with E-state index >= 15 is 0 Å². The molecule has 0 amide bonds. The van der Waals surface area contributed by atoms with Crippen LogP contribution in [0.5, 0.6) is 0 Å². The van der Waals surface area contributed by atoms with Crippen molar-refractivity contribution in [2.24, 2.45) is 0 Å². The first-order valence-corrected chi connectivity index (χ1v) is 14.2. The second-order valence-electron chi connectivity index (χ2n) is 10.5. The summed E-state index contributed by atoms with van der Waals surface area (Å²) in [6.45, 7) is 3.03. The van der Waals surface area contributed by atoms with E-state index in [2.05, 4.69) is 20.2 Å². The Bertz CT molecular complexity index is 1850. The van der Waals surface area contributed by atoms with E-state index in [9.17, 15) is 36.6 Å². The second-order valence-corrected chi connectivity index (χ2v) is 11.5. The molecule has 4 unspecified atom stereocenters. The van der Waals surface area contributed by atoms with Gasteiger partial charge in [-0.05, 0) is 49.7 Å². The highest BCUT2D eigenvalue weighted by atomic mass is 32.1. The topological polar surface area (TPSA) is 120 Å². The molecule has 17 heteroatoms. The van der Waals surface area contributed by atoms with Crippen LogP contribution in [0.3, 0.4) is 0 Å². The van der Waals surface area contributed by atoms with E-state index < -0.39 is 65.2 Å². The molecule has 0 radical (unpaired) electrons. The van der Waals surface area contributed by atoms with Crippen LogP contribution in [0.15, 0.2) is 42.7 Å². The summed E-state index contributed by atoms with van der Waals surface area (Å²) in [7, 11) is 1.34. The summed E-state index contributed by atoms with van der Waals surface area (Å²) in [5.41, 5.74) is 0.629. The highest BCUT2D eigenvalue weighted by molar-refractivity contribution is 7.18. The van der Waals surface area contributed by atoms with Crippen LogP contribution in [0.1, 0.15) is 35.7 Å². The molecule has 10 nitrogen and oxygen atoms in total. The van der Waals surface area contributed by atoms with Gasteiger partial charge in [-0.1, -0.05) is 0 Å². The Morgan fingerprint density at radius 1 is 1.07 bits per heavy atom. The Morgan fingerprint density at radius 2 is 1.78 bits per heavy atom. The molecule has 2 aromatic carbocycles. The van der Waals surface area contributed by atoms with Gasteiger partial charge in [0.05, 0.1) is 28.2 Å². The first kappa shape index (κ1) is 31.1. The highest BCUT2D eigenvalue weighted by Crippen LogP contribution is 2.42. The van der Waals surface area contributed by atoms with Gasteiger partial charge in [-0.25, -0.2) is 27.8 Å². The number of nitrogens with zero attached hydrogens (tertiary/aromatic N) is 6. The monoisotopic (exact) mass is 654 g/mol. The Morgan fingerprint density at radius 3 is 2.42 bits per heavy atom. The number of halogens is 6. The maximum absolute atomic E-state index is 13.9. The average Bonchev–Trinajstić information content (AvgIpc) is 3.73. The number of aliphatic hydroxyl groups is 2. The summed E-state index contributed by atoms with van der Waals surface area (Å²) in [6, 6.07) is 4.90. The molecule has 0 saturated carbocycles. The van der Waals surface area contributed by atoms with Gasteiger partial charge in [-0.3, -0.25) is 4.68 Å². The lowest BCUT2D eigenvalue weighted by Gasteiger charge is -2.44. The van der Waals surface area contributed by atoms with Crippen molar-refractivity contribution in [2.75, 3.05) is 7.11 Å². The quantitative estimate of drug-likeness (QED) is 0.196. The fourth-order valence-electron chi connectivity index (χ4n) is 5.42. The Kier molecular flexibility index (Phi) is 7.93. The van der Waals surface area contributed by atoms with Gasteiger partial charge in [-0.2, -0.15) is 23.4 Å². The number of benzene rings is 2. The molecule has 4 heterocycles. The van der Waals surface area contributed by atoms with Crippen molar-refractivity contribution in [1.82, 2.24) is 29.5 Å². The van der Waals surface area contributed by atoms with Gasteiger partial charge in [0.2, 0.25) is 0 Å². The Labute approximate surface area is 254 Å². The zero-order valence-corrected chi connectivity index (χ0v) is 24.4. The van der Waals surface area contributed by atoms with Crippen LogP contribution in [0.2, 0.25) is 0 Å². The number of methoxy groups -OCH3 is 1. The van der Waals surface area contributed by atoms with Crippen LogP contribution in [-0.4, -0.2) is 71.3 Å². The first-order chi connectivity index (χ1) is 21.3. The zero-order valence-electron chi connectivity index (χ0n) is 23.6. The predicted molar refractivity (Wildman–Crippen MR) is 147 cm³/mol. The minimum Gasteiger partial charge on any atom is -0.391 e. The van der Waals surface area contributed by atoms with Gasteiger partial charge in [-0.15, -0.1) is 11.3 Å². The van der Waals surface area contributed by atoms with Crippen LogP contribution in [-0.2, 0) is 15.7 Å². The minimum absolute atomic E-state index is 0.0145. The van der Waals surface area contributed by atoms with E-state index in [-0.39, 0.29) is 33.0 Å². The van der Waals surface area contributed by atoms with Crippen molar-refractivity contribution in [3.05, 3.63) is 76.8 Å². The molecule has 1 aliphatic heterocycles. The van der Waals surface area contributed by atoms with Crippen molar-refractivity contribution < 1.29 is 46.0 Å². The lowest BCUT2D eigenvalue weighted by molar-refractivity contribution is -0.230. The molecule has 1 fully saturated rings. The van der Waals surface area contributed by atoms with Crippen molar-refractivity contribution in [2.45, 2.75) is 56.6 Å². The summed E-state index contributed by atoms with van der Waals surface area (Å²) in [6.07, 6.45) is -7.95. The molecule has 1 saturated heterocycles. The lowest BCUT2D eigenvalue weighted by atomic mass is 9.89. The average molecular weight is 655 g/mol.